The summed E-state index contributed by atoms with van der Waals surface area (Å²) in [7, 11) is 0. The predicted molar refractivity (Wildman–Crippen MR) is 66.1 cm³/mol. The zero-order valence-electron chi connectivity index (χ0n) is 9.21. The van der Waals surface area contributed by atoms with Crippen molar-refractivity contribution in [3.63, 3.8) is 0 Å². The zero-order chi connectivity index (χ0) is 11.2. The second kappa shape index (κ2) is 3.14. The van der Waals surface area contributed by atoms with Crippen molar-refractivity contribution in [1.82, 2.24) is 4.90 Å². The van der Waals surface area contributed by atoms with E-state index in [0.717, 1.165) is 5.75 Å². The van der Waals surface area contributed by atoms with Crippen LogP contribution in [0.1, 0.15) is 11.5 Å². The third kappa shape index (κ3) is 1.15. The third-order valence-corrected chi connectivity index (χ3v) is 3.39. The number of para-hydroxylation sites is 1. The molecule has 0 radical (unpaired) electrons. The molecule has 0 aromatic heterocycles. The summed E-state index contributed by atoms with van der Waals surface area (Å²) in [5.41, 5.74) is 3.66. The first-order valence-electron chi connectivity index (χ1n) is 5.75. The van der Waals surface area contributed by atoms with E-state index in [9.17, 15) is 0 Å². The van der Waals surface area contributed by atoms with E-state index in [1.807, 2.05) is 24.5 Å². The lowest BCUT2D eigenvalue weighted by atomic mass is 9.95. The van der Waals surface area contributed by atoms with Gasteiger partial charge in [-0.2, -0.15) is 0 Å². The molecule has 82 valence electrons. The first kappa shape index (κ1) is 8.88. The summed E-state index contributed by atoms with van der Waals surface area (Å²) in [5.74, 6) is 1.29. The van der Waals surface area contributed by atoms with Crippen LogP contribution in [0.2, 0.25) is 0 Å². The Balaban J connectivity index is 1.88. The molecular weight excluding hydrogens is 210 g/mol. The van der Waals surface area contributed by atoms with Crippen LogP contribution in [0.5, 0.6) is 5.75 Å². The SMILES string of the molecule is C1=CC2=CC3C(=COc4ccccc43)N2C=C1. The predicted octanol–water partition coefficient (Wildman–Crippen LogP) is 3.29. The van der Waals surface area contributed by atoms with E-state index < -0.39 is 0 Å². The van der Waals surface area contributed by atoms with Gasteiger partial charge >= 0.3 is 0 Å². The van der Waals surface area contributed by atoms with Crippen LogP contribution < -0.4 is 4.74 Å². The molecule has 2 heteroatoms. The molecule has 3 aliphatic rings. The lowest BCUT2D eigenvalue weighted by Crippen LogP contribution is -2.17. The molecule has 3 heterocycles. The minimum atomic E-state index is 0.322. The topological polar surface area (TPSA) is 12.5 Å². The van der Waals surface area contributed by atoms with Crippen LogP contribution in [-0.4, -0.2) is 4.90 Å². The maximum atomic E-state index is 5.69. The van der Waals surface area contributed by atoms with Gasteiger partial charge in [0.25, 0.3) is 0 Å². The summed E-state index contributed by atoms with van der Waals surface area (Å²) < 4.78 is 5.69. The van der Waals surface area contributed by atoms with Crippen LogP contribution in [-0.2, 0) is 0 Å². The van der Waals surface area contributed by atoms with Gasteiger partial charge in [-0.1, -0.05) is 24.3 Å². The Morgan fingerprint density at radius 1 is 1.12 bits per heavy atom. The molecule has 0 amide bonds. The fourth-order valence-corrected chi connectivity index (χ4v) is 2.58. The minimum Gasteiger partial charge on any atom is -0.463 e. The summed E-state index contributed by atoms with van der Waals surface area (Å²) in [6.07, 6.45) is 12.5. The summed E-state index contributed by atoms with van der Waals surface area (Å²) >= 11 is 0. The number of nitrogens with zero attached hydrogens (tertiary/aromatic N) is 1. The van der Waals surface area contributed by atoms with Crippen LogP contribution in [0.25, 0.3) is 0 Å². The van der Waals surface area contributed by atoms with Gasteiger partial charge in [0.15, 0.2) is 0 Å². The molecule has 3 aliphatic heterocycles. The molecule has 1 unspecified atom stereocenters. The van der Waals surface area contributed by atoms with Gasteiger partial charge in [-0.3, -0.25) is 0 Å². The van der Waals surface area contributed by atoms with Crippen LogP contribution in [0, 0.1) is 0 Å². The molecule has 0 N–H and O–H groups in total. The number of hydrogen-bond acceptors (Lipinski definition) is 2. The molecule has 2 nitrogen and oxygen atoms in total. The standard InChI is InChI=1S/C15H11NO/c1-2-7-15-12(6-1)13-9-11-5-3-4-8-16(11)14(13)10-17-15/h1-10,13H. The Morgan fingerprint density at radius 2 is 2.06 bits per heavy atom. The second-order valence-electron chi connectivity index (χ2n) is 4.34. The lowest BCUT2D eigenvalue weighted by molar-refractivity contribution is 0.423. The molecular formula is C15H11NO. The molecule has 17 heavy (non-hydrogen) atoms. The van der Waals surface area contributed by atoms with Gasteiger partial charge in [0.1, 0.15) is 12.0 Å². The Morgan fingerprint density at radius 3 is 3.06 bits per heavy atom. The van der Waals surface area contributed by atoms with Gasteiger partial charge in [-0.15, -0.1) is 0 Å². The number of allylic oxidation sites excluding steroid dienone is 4. The molecule has 1 aromatic carbocycles. The summed E-state index contributed by atoms with van der Waals surface area (Å²) in [5, 5.41) is 0. The Bertz CT molecular complexity index is 607. The first-order chi connectivity index (χ1) is 8.43. The normalized spacial score (nSPS) is 23.3. The highest BCUT2D eigenvalue weighted by atomic mass is 16.5. The van der Waals surface area contributed by atoms with E-state index in [1.165, 1.54) is 17.0 Å². The summed E-state index contributed by atoms with van der Waals surface area (Å²) in [6.45, 7) is 0. The largest absolute Gasteiger partial charge is 0.463 e. The average molecular weight is 221 g/mol. The van der Waals surface area contributed by atoms with Crippen molar-refractivity contribution < 1.29 is 4.74 Å². The van der Waals surface area contributed by atoms with E-state index in [2.05, 4.69) is 41.5 Å². The quantitative estimate of drug-likeness (QED) is 0.666. The Kier molecular flexibility index (Phi) is 1.64. The first-order valence-corrected chi connectivity index (χ1v) is 5.75. The van der Waals surface area contributed by atoms with Crippen molar-refractivity contribution in [3.05, 3.63) is 78.0 Å². The molecule has 0 bridgehead atoms. The zero-order valence-corrected chi connectivity index (χ0v) is 9.21. The van der Waals surface area contributed by atoms with Gasteiger partial charge in [-0.05, 0) is 24.3 Å². The highest BCUT2D eigenvalue weighted by molar-refractivity contribution is 5.53. The fraction of sp³-hybridized carbons (Fsp3) is 0.0667. The lowest BCUT2D eigenvalue weighted by Gasteiger charge is -2.26. The summed E-state index contributed by atoms with van der Waals surface area (Å²) in [4.78, 5) is 2.18. The maximum absolute atomic E-state index is 5.69. The number of ether oxygens (including phenoxy) is 1. The Hall–Kier alpha value is -2.22. The van der Waals surface area contributed by atoms with Crippen LogP contribution >= 0.6 is 0 Å². The van der Waals surface area contributed by atoms with Crippen LogP contribution in [0.4, 0.5) is 0 Å². The van der Waals surface area contributed by atoms with E-state index in [0.29, 0.717) is 5.92 Å². The van der Waals surface area contributed by atoms with Crippen molar-refractivity contribution in [1.29, 1.82) is 0 Å². The highest BCUT2D eigenvalue weighted by Gasteiger charge is 2.33. The van der Waals surface area contributed by atoms with Crippen LogP contribution in [0.3, 0.4) is 0 Å². The molecule has 0 fully saturated rings. The fourth-order valence-electron chi connectivity index (χ4n) is 2.58. The number of benzene rings is 1. The van der Waals surface area contributed by atoms with Crippen molar-refractivity contribution >= 4 is 0 Å². The highest BCUT2D eigenvalue weighted by Crippen LogP contribution is 2.45. The van der Waals surface area contributed by atoms with Gasteiger partial charge in [0.05, 0.1) is 11.6 Å². The smallest absolute Gasteiger partial charge is 0.130 e. The van der Waals surface area contributed by atoms with E-state index in [4.69, 9.17) is 4.74 Å². The van der Waals surface area contributed by atoms with Crippen molar-refractivity contribution in [3.8, 4) is 5.75 Å². The van der Waals surface area contributed by atoms with Gasteiger partial charge < -0.3 is 9.64 Å². The third-order valence-electron chi connectivity index (χ3n) is 3.39. The molecule has 0 aliphatic carbocycles. The van der Waals surface area contributed by atoms with E-state index in [1.54, 1.807) is 0 Å². The van der Waals surface area contributed by atoms with Crippen molar-refractivity contribution in [2.45, 2.75) is 5.92 Å². The van der Waals surface area contributed by atoms with E-state index in [-0.39, 0.29) is 0 Å². The monoisotopic (exact) mass is 221 g/mol. The molecule has 0 saturated carbocycles. The van der Waals surface area contributed by atoms with Crippen molar-refractivity contribution in [2.75, 3.05) is 0 Å². The molecule has 0 spiro atoms. The number of hydrogen-bond donors (Lipinski definition) is 0. The second-order valence-corrected chi connectivity index (χ2v) is 4.34. The number of fused-ring (bicyclic) bond motifs is 5. The van der Waals surface area contributed by atoms with Crippen molar-refractivity contribution in [2.24, 2.45) is 0 Å². The molecule has 0 saturated heterocycles. The van der Waals surface area contributed by atoms with Gasteiger partial charge in [0, 0.05) is 17.5 Å². The molecule has 1 atom stereocenters. The van der Waals surface area contributed by atoms with E-state index >= 15 is 0 Å². The minimum absolute atomic E-state index is 0.322. The average Bonchev–Trinajstić information content (AvgIpc) is 2.78. The molecule has 4 rings (SSSR count). The summed E-state index contributed by atoms with van der Waals surface area (Å²) in [6, 6.07) is 8.22. The Labute approximate surface area is 99.8 Å². The van der Waals surface area contributed by atoms with Gasteiger partial charge in [0.2, 0.25) is 0 Å². The van der Waals surface area contributed by atoms with Gasteiger partial charge in [-0.25, -0.2) is 0 Å². The number of rotatable bonds is 0. The molecule has 1 aromatic rings. The van der Waals surface area contributed by atoms with Crippen LogP contribution in [0.15, 0.2) is 72.4 Å². The maximum Gasteiger partial charge on any atom is 0.130 e.